The van der Waals surface area contributed by atoms with E-state index in [1.807, 2.05) is 0 Å². The van der Waals surface area contributed by atoms with Crippen molar-refractivity contribution in [3.63, 3.8) is 0 Å². The Morgan fingerprint density at radius 2 is 1.58 bits per heavy atom. The van der Waals surface area contributed by atoms with Crippen LogP contribution in [0.15, 0.2) is 60.2 Å². The second-order valence-corrected chi connectivity index (χ2v) is 13.1. The van der Waals surface area contributed by atoms with Crippen molar-refractivity contribution in [2.75, 3.05) is 0 Å². The predicted octanol–water partition coefficient (Wildman–Crippen LogP) is 6.50. The van der Waals surface area contributed by atoms with Gasteiger partial charge in [-0.05, 0) is 102 Å². The quantitative estimate of drug-likeness (QED) is 0.454. The molecule has 194 valence electrons. The molecule has 3 N–H and O–H groups in total. The Morgan fingerprint density at radius 3 is 2.25 bits per heavy atom. The minimum absolute atomic E-state index is 0.0391. The van der Waals surface area contributed by atoms with Crippen LogP contribution in [0, 0.1) is 5.92 Å². The molecule has 2 saturated carbocycles. The summed E-state index contributed by atoms with van der Waals surface area (Å²) in [6, 6.07) is 7.58. The molecule has 2 fully saturated rings. The fourth-order valence-electron chi connectivity index (χ4n) is 7.02. The van der Waals surface area contributed by atoms with Crippen LogP contribution in [0.4, 0.5) is 0 Å². The zero-order chi connectivity index (χ0) is 25.7. The Balaban J connectivity index is 1.27. The van der Waals surface area contributed by atoms with Gasteiger partial charge in [-0.15, -0.1) is 0 Å². The van der Waals surface area contributed by atoms with Gasteiger partial charge in [0.2, 0.25) is 0 Å². The van der Waals surface area contributed by atoms with Crippen LogP contribution in [0.25, 0.3) is 5.57 Å². The van der Waals surface area contributed by atoms with Crippen molar-refractivity contribution in [2.45, 2.75) is 114 Å². The second-order valence-electron chi connectivity index (χ2n) is 13.1. The third-order valence-corrected chi connectivity index (χ3v) is 9.63. The van der Waals surface area contributed by atoms with Crippen LogP contribution in [0.1, 0.15) is 95.8 Å². The fraction of sp³-hybridized carbons (Fsp3) is 0.576. The number of aliphatic hydroxyl groups is 2. The van der Waals surface area contributed by atoms with Gasteiger partial charge in [-0.25, -0.2) is 0 Å². The molecule has 3 heteroatoms. The van der Waals surface area contributed by atoms with E-state index in [0.29, 0.717) is 18.4 Å². The highest BCUT2D eigenvalue weighted by molar-refractivity contribution is 5.84. The largest absolute Gasteiger partial charge is 0.390 e. The van der Waals surface area contributed by atoms with E-state index < -0.39 is 12.2 Å². The Bertz CT molecular complexity index is 1100. The van der Waals surface area contributed by atoms with Crippen LogP contribution in [0.2, 0.25) is 0 Å². The van der Waals surface area contributed by atoms with Gasteiger partial charge in [0.1, 0.15) is 0 Å². The Labute approximate surface area is 218 Å². The molecule has 4 aliphatic carbocycles. The van der Waals surface area contributed by atoms with Crippen molar-refractivity contribution in [1.29, 1.82) is 0 Å². The maximum atomic E-state index is 10.2. The first-order valence-electron chi connectivity index (χ1n) is 14.1. The molecule has 0 aliphatic heterocycles. The molecule has 1 aromatic carbocycles. The lowest BCUT2D eigenvalue weighted by atomic mass is 9.63. The minimum atomic E-state index is -0.622. The summed E-state index contributed by atoms with van der Waals surface area (Å²) in [6.07, 6.45) is 16.4. The summed E-state index contributed by atoms with van der Waals surface area (Å²) in [5.74, 6) is 0.547. The Morgan fingerprint density at radius 1 is 0.889 bits per heavy atom. The summed E-state index contributed by atoms with van der Waals surface area (Å²) in [5, 5.41) is 23.7. The van der Waals surface area contributed by atoms with Crippen molar-refractivity contribution in [1.82, 2.24) is 5.32 Å². The van der Waals surface area contributed by atoms with Crippen LogP contribution >= 0.6 is 0 Å². The van der Waals surface area contributed by atoms with E-state index in [9.17, 15) is 10.2 Å². The predicted molar refractivity (Wildman–Crippen MR) is 150 cm³/mol. The van der Waals surface area contributed by atoms with E-state index in [1.165, 1.54) is 40.7 Å². The summed E-state index contributed by atoms with van der Waals surface area (Å²) < 4.78 is 0. The van der Waals surface area contributed by atoms with Crippen LogP contribution < -0.4 is 5.32 Å². The topological polar surface area (TPSA) is 52.5 Å². The van der Waals surface area contributed by atoms with Crippen LogP contribution in [0.3, 0.4) is 0 Å². The van der Waals surface area contributed by atoms with Crippen LogP contribution in [-0.4, -0.2) is 34.5 Å². The molecule has 0 bridgehead atoms. The van der Waals surface area contributed by atoms with E-state index in [0.717, 1.165) is 37.7 Å². The molecule has 0 heterocycles. The Hall–Kier alpha value is -1.94. The van der Waals surface area contributed by atoms with Gasteiger partial charge in [0.05, 0.1) is 12.2 Å². The van der Waals surface area contributed by atoms with E-state index in [4.69, 9.17) is 0 Å². The summed E-state index contributed by atoms with van der Waals surface area (Å²) in [5.41, 5.74) is 8.42. The minimum Gasteiger partial charge on any atom is -0.390 e. The number of nitrogens with one attached hydrogen (secondary N) is 1. The molecule has 0 amide bonds. The first kappa shape index (κ1) is 25.7. The monoisotopic (exact) mass is 487 g/mol. The average Bonchev–Trinajstić information content (AvgIpc) is 3.03. The molecule has 0 aromatic heterocycles. The maximum Gasteiger partial charge on any atom is 0.0951 e. The first-order chi connectivity index (χ1) is 17.0. The molecule has 1 aromatic rings. The van der Waals surface area contributed by atoms with Gasteiger partial charge in [0.15, 0.2) is 0 Å². The summed E-state index contributed by atoms with van der Waals surface area (Å²) in [6.45, 7) is 14.0. The number of rotatable bonds is 4. The zero-order valence-electron chi connectivity index (χ0n) is 22.7. The number of hydrogen-bond donors (Lipinski definition) is 3. The summed E-state index contributed by atoms with van der Waals surface area (Å²) >= 11 is 0. The number of allylic oxidation sites excluding steroid dienone is 7. The molecule has 0 saturated heterocycles. The molecule has 0 spiro atoms. The standard InChI is InChI=1S/C33H45NO2/c1-21-19-23(22-9-12-25(13-10-22)34-29-15-16-30(35)31(29)36)7-6-8-26(21)24-11-14-27-28(20-24)33(4,5)18-17-32(27,2)3/h6-8,11,14,19-20,22,25,29-31,34-36H,1,9-10,12-13,15-18H2,2-5H3/t22?,25?,29-,30+,31-/m1/s1. The van der Waals surface area contributed by atoms with Crippen LogP contribution in [0.5, 0.6) is 0 Å². The van der Waals surface area contributed by atoms with Gasteiger partial charge in [-0.1, -0.05) is 76.8 Å². The molecule has 36 heavy (non-hydrogen) atoms. The lowest BCUT2D eigenvalue weighted by molar-refractivity contribution is 0.0270. The maximum absolute atomic E-state index is 10.2. The molecule has 3 nitrogen and oxygen atoms in total. The number of aliphatic hydroxyl groups excluding tert-OH is 2. The highest BCUT2D eigenvalue weighted by atomic mass is 16.3. The molecule has 0 unspecified atom stereocenters. The van der Waals surface area contributed by atoms with Crippen molar-refractivity contribution < 1.29 is 10.2 Å². The van der Waals surface area contributed by atoms with E-state index in [-0.39, 0.29) is 16.9 Å². The molecular weight excluding hydrogens is 442 g/mol. The van der Waals surface area contributed by atoms with E-state index >= 15 is 0 Å². The van der Waals surface area contributed by atoms with Gasteiger partial charge in [0, 0.05) is 12.1 Å². The van der Waals surface area contributed by atoms with E-state index in [1.54, 1.807) is 0 Å². The van der Waals surface area contributed by atoms with Crippen molar-refractivity contribution in [2.24, 2.45) is 5.92 Å². The van der Waals surface area contributed by atoms with Gasteiger partial charge in [0.25, 0.3) is 0 Å². The van der Waals surface area contributed by atoms with Gasteiger partial charge in [-0.2, -0.15) is 0 Å². The fourth-order valence-corrected chi connectivity index (χ4v) is 7.02. The van der Waals surface area contributed by atoms with Crippen molar-refractivity contribution >= 4 is 5.57 Å². The van der Waals surface area contributed by atoms with Gasteiger partial charge < -0.3 is 15.5 Å². The second kappa shape index (κ2) is 9.74. The molecule has 0 radical (unpaired) electrons. The van der Waals surface area contributed by atoms with Gasteiger partial charge in [-0.3, -0.25) is 0 Å². The van der Waals surface area contributed by atoms with Crippen LogP contribution in [-0.2, 0) is 10.8 Å². The third kappa shape index (κ3) is 4.95. The van der Waals surface area contributed by atoms with E-state index in [2.05, 4.69) is 82.1 Å². The Kier molecular flexibility index (Phi) is 6.95. The zero-order valence-corrected chi connectivity index (χ0v) is 22.7. The summed E-state index contributed by atoms with van der Waals surface area (Å²) in [7, 11) is 0. The highest BCUT2D eigenvalue weighted by Gasteiger charge is 2.37. The SMILES string of the molecule is C=C1C=C(C2CCC(N[C@@H]3CC[C@H](O)[C@@H]3O)CC2)C=CC=C1c1ccc2c(c1)C(C)(C)CCC2(C)C. The van der Waals surface area contributed by atoms with Gasteiger partial charge >= 0.3 is 0 Å². The normalized spacial score (nSPS) is 33.5. The molecule has 4 aliphatic rings. The number of hydrogen-bond acceptors (Lipinski definition) is 3. The lowest BCUT2D eigenvalue weighted by Gasteiger charge is -2.42. The van der Waals surface area contributed by atoms with Crippen molar-refractivity contribution in [3.8, 4) is 0 Å². The summed E-state index contributed by atoms with van der Waals surface area (Å²) in [4.78, 5) is 0. The number of benzene rings is 1. The molecule has 5 rings (SSSR count). The average molecular weight is 488 g/mol. The molecule has 3 atom stereocenters. The first-order valence-corrected chi connectivity index (χ1v) is 14.1. The third-order valence-electron chi connectivity index (χ3n) is 9.63. The smallest absolute Gasteiger partial charge is 0.0951 e. The molecular formula is C33H45NO2. The lowest BCUT2D eigenvalue weighted by Crippen LogP contribution is -2.46. The number of fused-ring (bicyclic) bond motifs is 1. The van der Waals surface area contributed by atoms with Crippen molar-refractivity contribution in [3.05, 3.63) is 76.9 Å². The highest BCUT2D eigenvalue weighted by Crippen LogP contribution is 2.47.